The van der Waals surface area contributed by atoms with Crippen LogP contribution in [0.15, 0.2) is 39.4 Å². The minimum atomic E-state index is 0.0143. The number of carbonyl (C=O) groups is 1. The highest BCUT2D eigenvalue weighted by atomic mass is 79.9. The summed E-state index contributed by atoms with van der Waals surface area (Å²) in [4.78, 5) is 12.0. The van der Waals surface area contributed by atoms with E-state index in [2.05, 4.69) is 15.9 Å². The highest BCUT2D eigenvalue weighted by molar-refractivity contribution is 9.10. The van der Waals surface area contributed by atoms with Crippen LogP contribution in [-0.2, 0) is 6.42 Å². The molecule has 0 spiro atoms. The molecule has 0 unspecified atom stereocenters. The third-order valence-electron chi connectivity index (χ3n) is 2.53. The predicted octanol–water partition coefficient (Wildman–Crippen LogP) is 4.43. The molecule has 4 heteroatoms. The van der Waals surface area contributed by atoms with Crippen molar-refractivity contribution >= 4 is 33.3 Å². The van der Waals surface area contributed by atoms with Crippen molar-refractivity contribution in [1.82, 2.24) is 0 Å². The first-order valence-electron chi connectivity index (χ1n) is 5.09. The monoisotopic (exact) mass is 312 g/mol. The highest BCUT2D eigenvalue weighted by Crippen LogP contribution is 2.23. The molecular formula is C13H10BrClO2. The van der Waals surface area contributed by atoms with Crippen LogP contribution < -0.4 is 0 Å². The average molecular weight is 314 g/mol. The summed E-state index contributed by atoms with van der Waals surface area (Å²) in [5.41, 5.74) is 1.43. The largest absolute Gasteiger partial charge is 0.469 e. The molecule has 0 fully saturated rings. The number of halogens is 2. The molecule has 0 aliphatic rings. The summed E-state index contributed by atoms with van der Waals surface area (Å²) in [7, 11) is 0. The first-order valence-corrected chi connectivity index (χ1v) is 6.26. The number of hydrogen-bond donors (Lipinski definition) is 0. The van der Waals surface area contributed by atoms with E-state index in [4.69, 9.17) is 16.0 Å². The molecule has 2 rings (SSSR count). The smallest absolute Gasteiger partial charge is 0.170 e. The second-order valence-electron chi connectivity index (χ2n) is 3.73. The SMILES string of the molecule is Cc1occc1C(=O)Cc1ccc(Br)cc1Cl. The number of Topliss-reactive ketones (excluding diaryl/α,β-unsaturated/α-hetero) is 1. The lowest BCUT2D eigenvalue weighted by Crippen LogP contribution is -2.04. The molecule has 0 saturated heterocycles. The van der Waals surface area contributed by atoms with Crippen LogP contribution in [-0.4, -0.2) is 5.78 Å². The summed E-state index contributed by atoms with van der Waals surface area (Å²) in [6.07, 6.45) is 1.80. The molecule has 1 heterocycles. The zero-order valence-electron chi connectivity index (χ0n) is 9.17. The van der Waals surface area contributed by atoms with Crippen LogP contribution in [0.5, 0.6) is 0 Å². The number of ketones is 1. The molecule has 0 aliphatic carbocycles. The topological polar surface area (TPSA) is 30.2 Å². The summed E-state index contributed by atoms with van der Waals surface area (Å²) in [6, 6.07) is 7.19. The van der Waals surface area contributed by atoms with E-state index in [1.165, 1.54) is 6.26 Å². The maximum Gasteiger partial charge on any atom is 0.170 e. The average Bonchev–Trinajstić information content (AvgIpc) is 2.68. The number of furan rings is 1. The van der Waals surface area contributed by atoms with Gasteiger partial charge in [0.2, 0.25) is 0 Å². The van der Waals surface area contributed by atoms with E-state index in [0.717, 1.165) is 10.0 Å². The molecule has 0 N–H and O–H groups in total. The van der Waals surface area contributed by atoms with Crippen LogP contribution in [0.25, 0.3) is 0 Å². The molecule has 0 radical (unpaired) electrons. The van der Waals surface area contributed by atoms with Crippen LogP contribution in [0.2, 0.25) is 5.02 Å². The van der Waals surface area contributed by atoms with E-state index >= 15 is 0 Å². The van der Waals surface area contributed by atoms with E-state index in [9.17, 15) is 4.79 Å². The fourth-order valence-corrected chi connectivity index (χ4v) is 2.35. The van der Waals surface area contributed by atoms with Gasteiger partial charge >= 0.3 is 0 Å². The Morgan fingerprint density at radius 2 is 2.18 bits per heavy atom. The molecule has 1 aromatic carbocycles. The van der Waals surface area contributed by atoms with Crippen molar-refractivity contribution in [2.24, 2.45) is 0 Å². The van der Waals surface area contributed by atoms with Gasteiger partial charge in [-0.05, 0) is 30.7 Å². The third-order valence-corrected chi connectivity index (χ3v) is 3.37. The summed E-state index contributed by atoms with van der Waals surface area (Å²) >= 11 is 9.40. The maximum atomic E-state index is 12.0. The normalized spacial score (nSPS) is 10.5. The molecule has 0 atom stereocenters. The Morgan fingerprint density at radius 1 is 1.41 bits per heavy atom. The number of hydrogen-bond acceptors (Lipinski definition) is 2. The van der Waals surface area contributed by atoms with Crippen LogP contribution >= 0.6 is 27.5 Å². The Kier molecular flexibility index (Phi) is 3.69. The Morgan fingerprint density at radius 3 is 2.76 bits per heavy atom. The van der Waals surface area contributed by atoms with Crippen molar-refractivity contribution in [2.45, 2.75) is 13.3 Å². The van der Waals surface area contributed by atoms with Crippen molar-refractivity contribution < 1.29 is 9.21 Å². The number of rotatable bonds is 3. The predicted molar refractivity (Wildman–Crippen MR) is 70.6 cm³/mol. The molecular weight excluding hydrogens is 303 g/mol. The lowest BCUT2D eigenvalue weighted by atomic mass is 10.0. The van der Waals surface area contributed by atoms with Gasteiger partial charge in [-0.1, -0.05) is 33.6 Å². The molecule has 88 valence electrons. The summed E-state index contributed by atoms with van der Waals surface area (Å²) in [5, 5.41) is 0.592. The Balaban J connectivity index is 2.22. The van der Waals surface area contributed by atoms with E-state index in [1.54, 1.807) is 19.1 Å². The lowest BCUT2D eigenvalue weighted by Gasteiger charge is -2.03. The summed E-state index contributed by atoms with van der Waals surface area (Å²) in [6.45, 7) is 1.77. The number of carbonyl (C=O) groups excluding carboxylic acids is 1. The van der Waals surface area contributed by atoms with Gasteiger partial charge in [-0.2, -0.15) is 0 Å². The minimum absolute atomic E-state index is 0.0143. The molecule has 0 saturated carbocycles. The van der Waals surface area contributed by atoms with Crippen molar-refractivity contribution in [3.05, 3.63) is 56.9 Å². The van der Waals surface area contributed by atoms with Crippen LogP contribution in [0.3, 0.4) is 0 Å². The van der Waals surface area contributed by atoms with Crippen molar-refractivity contribution in [3.63, 3.8) is 0 Å². The lowest BCUT2D eigenvalue weighted by molar-refractivity contribution is 0.0991. The molecule has 0 bridgehead atoms. The zero-order valence-corrected chi connectivity index (χ0v) is 11.5. The van der Waals surface area contributed by atoms with Crippen LogP contribution in [0.4, 0.5) is 0 Å². The minimum Gasteiger partial charge on any atom is -0.469 e. The Labute approximate surface area is 113 Å². The molecule has 1 aromatic heterocycles. The van der Waals surface area contributed by atoms with E-state index in [0.29, 0.717) is 16.3 Å². The van der Waals surface area contributed by atoms with Crippen LogP contribution in [0.1, 0.15) is 21.7 Å². The van der Waals surface area contributed by atoms with E-state index < -0.39 is 0 Å². The van der Waals surface area contributed by atoms with Gasteiger partial charge in [0.15, 0.2) is 5.78 Å². The van der Waals surface area contributed by atoms with Crippen molar-refractivity contribution in [1.29, 1.82) is 0 Å². The van der Waals surface area contributed by atoms with Gasteiger partial charge in [0.1, 0.15) is 5.76 Å². The van der Waals surface area contributed by atoms with Gasteiger partial charge in [0, 0.05) is 15.9 Å². The highest BCUT2D eigenvalue weighted by Gasteiger charge is 2.13. The van der Waals surface area contributed by atoms with Crippen molar-refractivity contribution in [3.8, 4) is 0 Å². The van der Waals surface area contributed by atoms with Gasteiger partial charge in [0.25, 0.3) is 0 Å². The van der Waals surface area contributed by atoms with Crippen molar-refractivity contribution in [2.75, 3.05) is 0 Å². The second-order valence-corrected chi connectivity index (χ2v) is 5.05. The first-order chi connectivity index (χ1) is 8.08. The van der Waals surface area contributed by atoms with Gasteiger partial charge < -0.3 is 4.42 Å². The van der Waals surface area contributed by atoms with E-state index in [-0.39, 0.29) is 12.2 Å². The first kappa shape index (κ1) is 12.4. The van der Waals surface area contributed by atoms with E-state index in [1.807, 2.05) is 12.1 Å². The Bertz CT molecular complexity index is 560. The standard InChI is InChI=1S/C13H10BrClO2/c1-8-11(4-5-17-8)13(16)6-9-2-3-10(14)7-12(9)15/h2-5,7H,6H2,1H3. The summed E-state index contributed by atoms with van der Waals surface area (Å²) in [5.74, 6) is 0.656. The quantitative estimate of drug-likeness (QED) is 0.785. The van der Waals surface area contributed by atoms with Gasteiger partial charge in [0.05, 0.1) is 11.8 Å². The fourth-order valence-electron chi connectivity index (χ4n) is 1.61. The molecule has 17 heavy (non-hydrogen) atoms. The molecule has 0 amide bonds. The summed E-state index contributed by atoms with van der Waals surface area (Å²) < 4.78 is 6.01. The molecule has 2 nitrogen and oxygen atoms in total. The van der Waals surface area contributed by atoms with Gasteiger partial charge in [-0.25, -0.2) is 0 Å². The molecule has 0 aliphatic heterocycles. The van der Waals surface area contributed by atoms with Gasteiger partial charge in [-0.15, -0.1) is 0 Å². The Hall–Kier alpha value is -1.06. The second kappa shape index (κ2) is 5.07. The number of aryl methyl sites for hydroxylation is 1. The zero-order chi connectivity index (χ0) is 12.4. The molecule has 2 aromatic rings. The third kappa shape index (κ3) is 2.79. The van der Waals surface area contributed by atoms with Crippen LogP contribution in [0, 0.1) is 6.92 Å². The number of benzene rings is 1. The maximum absolute atomic E-state index is 12.0. The fraction of sp³-hybridized carbons (Fsp3) is 0.154. The van der Waals surface area contributed by atoms with Gasteiger partial charge in [-0.3, -0.25) is 4.79 Å².